The first-order chi connectivity index (χ1) is 6.93. The summed E-state index contributed by atoms with van der Waals surface area (Å²) in [5.74, 6) is 0. The standard InChI is InChI=1S/C12H20N2/c1-2-3-8-13-9-4-6-12-7-5-10-14-11-12/h5,7,10-11,13H,2-4,6,8-9H2,1H3. The second kappa shape index (κ2) is 7.51. The Bertz CT molecular complexity index is 221. The molecular weight excluding hydrogens is 172 g/mol. The van der Waals surface area contributed by atoms with E-state index in [0.717, 1.165) is 19.5 Å². The lowest BCUT2D eigenvalue weighted by Crippen LogP contribution is -2.16. The average molecular weight is 192 g/mol. The zero-order valence-corrected chi connectivity index (χ0v) is 9.00. The van der Waals surface area contributed by atoms with Crippen molar-refractivity contribution in [3.8, 4) is 0 Å². The number of aromatic nitrogens is 1. The molecule has 0 spiro atoms. The van der Waals surface area contributed by atoms with Crippen LogP contribution in [0.15, 0.2) is 24.5 Å². The summed E-state index contributed by atoms with van der Waals surface area (Å²) < 4.78 is 0. The van der Waals surface area contributed by atoms with Gasteiger partial charge in [0.25, 0.3) is 0 Å². The van der Waals surface area contributed by atoms with Crippen molar-refractivity contribution in [2.24, 2.45) is 0 Å². The molecule has 0 aliphatic rings. The molecule has 0 aliphatic carbocycles. The maximum atomic E-state index is 4.09. The Morgan fingerprint density at radius 3 is 2.86 bits per heavy atom. The summed E-state index contributed by atoms with van der Waals surface area (Å²) in [5, 5.41) is 3.44. The van der Waals surface area contributed by atoms with Crippen molar-refractivity contribution >= 4 is 0 Å². The van der Waals surface area contributed by atoms with Crippen molar-refractivity contribution in [2.75, 3.05) is 13.1 Å². The number of hydrogen-bond donors (Lipinski definition) is 1. The quantitative estimate of drug-likeness (QED) is 0.671. The molecule has 0 amide bonds. The molecule has 0 radical (unpaired) electrons. The fourth-order valence-corrected chi connectivity index (χ4v) is 1.39. The summed E-state index contributed by atoms with van der Waals surface area (Å²) in [6.45, 7) is 4.50. The molecule has 1 heterocycles. The molecule has 0 atom stereocenters. The van der Waals surface area contributed by atoms with Crippen molar-refractivity contribution in [3.05, 3.63) is 30.1 Å². The van der Waals surface area contributed by atoms with Crippen molar-refractivity contribution in [2.45, 2.75) is 32.6 Å². The molecule has 0 aromatic carbocycles. The van der Waals surface area contributed by atoms with Crippen LogP contribution in [-0.4, -0.2) is 18.1 Å². The molecule has 0 aliphatic heterocycles. The van der Waals surface area contributed by atoms with Crippen LogP contribution in [0.5, 0.6) is 0 Å². The average Bonchev–Trinajstić information content (AvgIpc) is 2.25. The topological polar surface area (TPSA) is 24.9 Å². The van der Waals surface area contributed by atoms with Gasteiger partial charge in [0.15, 0.2) is 0 Å². The van der Waals surface area contributed by atoms with Crippen LogP contribution >= 0.6 is 0 Å². The number of hydrogen-bond acceptors (Lipinski definition) is 2. The van der Waals surface area contributed by atoms with Gasteiger partial charge in [-0.3, -0.25) is 4.98 Å². The van der Waals surface area contributed by atoms with Gasteiger partial charge in [0.05, 0.1) is 0 Å². The highest BCUT2D eigenvalue weighted by Gasteiger charge is 1.91. The van der Waals surface area contributed by atoms with E-state index in [-0.39, 0.29) is 0 Å². The van der Waals surface area contributed by atoms with Crippen LogP contribution in [0.2, 0.25) is 0 Å². The molecule has 14 heavy (non-hydrogen) atoms. The number of rotatable bonds is 7. The highest BCUT2D eigenvalue weighted by atomic mass is 14.8. The molecule has 2 heteroatoms. The Morgan fingerprint density at radius 2 is 2.14 bits per heavy atom. The molecule has 1 rings (SSSR count). The van der Waals surface area contributed by atoms with E-state index >= 15 is 0 Å². The van der Waals surface area contributed by atoms with E-state index in [1.807, 2.05) is 18.5 Å². The minimum Gasteiger partial charge on any atom is -0.317 e. The first kappa shape index (κ1) is 11.2. The van der Waals surface area contributed by atoms with Crippen LogP contribution < -0.4 is 5.32 Å². The lowest BCUT2D eigenvalue weighted by molar-refractivity contribution is 0.616. The van der Waals surface area contributed by atoms with Crippen LogP contribution in [0.1, 0.15) is 31.7 Å². The van der Waals surface area contributed by atoms with Gasteiger partial charge in [-0.2, -0.15) is 0 Å². The second-order valence-electron chi connectivity index (χ2n) is 3.57. The van der Waals surface area contributed by atoms with Gasteiger partial charge in [-0.15, -0.1) is 0 Å². The maximum Gasteiger partial charge on any atom is 0.0299 e. The molecule has 2 nitrogen and oxygen atoms in total. The molecular formula is C12H20N2. The zero-order chi connectivity index (χ0) is 10.1. The minimum absolute atomic E-state index is 1.12. The van der Waals surface area contributed by atoms with Crippen LogP contribution in [0.4, 0.5) is 0 Å². The Kier molecular flexibility index (Phi) is 6.00. The van der Waals surface area contributed by atoms with E-state index in [4.69, 9.17) is 0 Å². The predicted octanol–water partition coefficient (Wildman–Crippen LogP) is 2.40. The normalized spacial score (nSPS) is 10.4. The Labute approximate surface area is 86.8 Å². The number of nitrogens with zero attached hydrogens (tertiary/aromatic N) is 1. The van der Waals surface area contributed by atoms with Crippen molar-refractivity contribution < 1.29 is 0 Å². The lowest BCUT2D eigenvalue weighted by Gasteiger charge is -2.03. The molecule has 1 N–H and O–H groups in total. The van der Waals surface area contributed by atoms with Gasteiger partial charge in [-0.05, 0) is 44.0 Å². The van der Waals surface area contributed by atoms with Gasteiger partial charge in [0.2, 0.25) is 0 Å². The van der Waals surface area contributed by atoms with Gasteiger partial charge in [0, 0.05) is 12.4 Å². The highest BCUT2D eigenvalue weighted by molar-refractivity contribution is 5.08. The van der Waals surface area contributed by atoms with Gasteiger partial charge in [-0.1, -0.05) is 19.4 Å². The summed E-state index contributed by atoms with van der Waals surface area (Å²) in [6, 6.07) is 4.14. The second-order valence-corrected chi connectivity index (χ2v) is 3.57. The largest absolute Gasteiger partial charge is 0.317 e. The highest BCUT2D eigenvalue weighted by Crippen LogP contribution is 1.99. The van der Waals surface area contributed by atoms with E-state index in [0.29, 0.717) is 0 Å². The first-order valence-corrected chi connectivity index (χ1v) is 5.53. The molecule has 1 aromatic heterocycles. The van der Waals surface area contributed by atoms with E-state index in [9.17, 15) is 0 Å². The molecule has 0 saturated carbocycles. The van der Waals surface area contributed by atoms with Crippen LogP contribution in [0.3, 0.4) is 0 Å². The summed E-state index contributed by atoms with van der Waals surface area (Å²) in [5.41, 5.74) is 1.34. The lowest BCUT2D eigenvalue weighted by atomic mass is 10.1. The molecule has 0 fully saturated rings. The van der Waals surface area contributed by atoms with E-state index in [1.54, 1.807) is 0 Å². The third-order valence-electron chi connectivity index (χ3n) is 2.25. The van der Waals surface area contributed by atoms with Crippen LogP contribution in [0.25, 0.3) is 0 Å². The summed E-state index contributed by atoms with van der Waals surface area (Å²) in [7, 11) is 0. The van der Waals surface area contributed by atoms with Gasteiger partial charge in [0.1, 0.15) is 0 Å². The molecule has 0 unspecified atom stereocenters. The summed E-state index contributed by atoms with van der Waals surface area (Å²) in [4.78, 5) is 4.09. The van der Waals surface area contributed by atoms with Gasteiger partial charge >= 0.3 is 0 Å². The van der Waals surface area contributed by atoms with Crippen molar-refractivity contribution in [3.63, 3.8) is 0 Å². The smallest absolute Gasteiger partial charge is 0.0299 e. The SMILES string of the molecule is CCCCNCCCc1cccnc1. The Morgan fingerprint density at radius 1 is 1.29 bits per heavy atom. The van der Waals surface area contributed by atoms with Crippen molar-refractivity contribution in [1.29, 1.82) is 0 Å². The number of pyridine rings is 1. The van der Waals surface area contributed by atoms with Crippen LogP contribution in [0, 0.1) is 0 Å². The number of nitrogens with one attached hydrogen (secondary N) is 1. The summed E-state index contributed by atoms with van der Waals surface area (Å²) >= 11 is 0. The summed E-state index contributed by atoms with van der Waals surface area (Å²) in [6.07, 6.45) is 8.67. The van der Waals surface area contributed by atoms with Gasteiger partial charge < -0.3 is 5.32 Å². The monoisotopic (exact) mass is 192 g/mol. The minimum atomic E-state index is 1.12. The fraction of sp³-hybridized carbons (Fsp3) is 0.583. The fourth-order valence-electron chi connectivity index (χ4n) is 1.39. The van der Waals surface area contributed by atoms with Gasteiger partial charge in [-0.25, -0.2) is 0 Å². The maximum absolute atomic E-state index is 4.09. The Hall–Kier alpha value is -0.890. The third-order valence-corrected chi connectivity index (χ3v) is 2.25. The Balaban J connectivity index is 1.99. The molecule has 0 saturated heterocycles. The van der Waals surface area contributed by atoms with Crippen molar-refractivity contribution in [1.82, 2.24) is 10.3 Å². The molecule has 0 bridgehead atoms. The van der Waals surface area contributed by atoms with E-state index in [2.05, 4.69) is 23.3 Å². The first-order valence-electron chi connectivity index (χ1n) is 5.53. The van der Waals surface area contributed by atoms with Crippen LogP contribution in [-0.2, 0) is 6.42 Å². The third kappa shape index (κ3) is 4.97. The van der Waals surface area contributed by atoms with E-state index in [1.165, 1.54) is 24.8 Å². The zero-order valence-electron chi connectivity index (χ0n) is 9.00. The number of aryl methyl sites for hydroxylation is 1. The van der Waals surface area contributed by atoms with E-state index < -0.39 is 0 Å². The predicted molar refractivity (Wildman–Crippen MR) is 60.3 cm³/mol. The number of unbranched alkanes of at least 4 members (excludes halogenated alkanes) is 1. The molecule has 1 aromatic rings. The molecule has 78 valence electrons.